The van der Waals surface area contributed by atoms with Crippen LogP contribution in [-0.2, 0) is 24.3 Å². The average Bonchev–Trinajstić information content (AvgIpc) is 3.57. The number of nitrogens with zero attached hydrogens (tertiary/aromatic N) is 5. The number of rotatable bonds is 9. The Morgan fingerprint density at radius 2 is 1.84 bits per heavy atom. The first kappa shape index (κ1) is 33.6. The molecule has 8 rings (SSSR count). The average molecular weight is 705 g/mol. The van der Waals surface area contributed by atoms with E-state index in [-0.39, 0.29) is 16.3 Å². The topological polar surface area (TPSA) is 125 Å². The number of halogens is 6. The maximum atomic E-state index is 12.9. The molecular formula is C33H34F6N8OS. The van der Waals surface area contributed by atoms with Gasteiger partial charge in [-0.1, -0.05) is 6.07 Å². The summed E-state index contributed by atoms with van der Waals surface area (Å²) in [4.78, 5) is 23.6. The van der Waals surface area contributed by atoms with Gasteiger partial charge in [0, 0.05) is 53.5 Å². The molecule has 0 radical (unpaired) electrons. The van der Waals surface area contributed by atoms with Crippen molar-refractivity contribution in [2.24, 2.45) is 11.1 Å². The van der Waals surface area contributed by atoms with Crippen LogP contribution in [0.3, 0.4) is 0 Å². The number of amides is 1. The minimum atomic E-state index is -4.80. The van der Waals surface area contributed by atoms with Gasteiger partial charge in [0.1, 0.15) is 28.7 Å². The van der Waals surface area contributed by atoms with Crippen LogP contribution < -0.4 is 16.4 Å². The molecule has 1 aliphatic heterocycles. The van der Waals surface area contributed by atoms with Gasteiger partial charge in [0.05, 0.1) is 11.8 Å². The van der Waals surface area contributed by atoms with E-state index in [4.69, 9.17) is 5.73 Å². The fourth-order valence-corrected chi connectivity index (χ4v) is 9.08. The van der Waals surface area contributed by atoms with Gasteiger partial charge in [0.15, 0.2) is 6.04 Å². The van der Waals surface area contributed by atoms with Gasteiger partial charge in [0.25, 0.3) is 0 Å². The highest BCUT2D eigenvalue weighted by molar-refractivity contribution is 7.18. The lowest BCUT2D eigenvalue weighted by Gasteiger charge is -2.71. The van der Waals surface area contributed by atoms with Gasteiger partial charge in [-0.15, -0.1) is 11.3 Å². The highest BCUT2D eigenvalue weighted by Gasteiger charge is 2.69. The number of nitrogens with one attached hydrogen (secondary N) is 2. The van der Waals surface area contributed by atoms with Gasteiger partial charge in [-0.3, -0.25) is 9.69 Å². The van der Waals surface area contributed by atoms with E-state index in [2.05, 4.69) is 37.6 Å². The van der Waals surface area contributed by atoms with Crippen LogP contribution in [0.25, 0.3) is 21.1 Å². The Kier molecular flexibility index (Phi) is 8.11. The van der Waals surface area contributed by atoms with Crippen LogP contribution >= 0.6 is 11.3 Å². The Hall–Kier alpha value is -3.94. The molecule has 3 saturated carbocycles. The number of carbonyl (C=O) groups excluding carboxylic acids is 1. The van der Waals surface area contributed by atoms with E-state index < -0.39 is 36.3 Å². The first-order valence-corrected chi connectivity index (χ1v) is 16.8. The molecule has 1 saturated heterocycles. The summed E-state index contributed by atoms with van der Waals surface area (Å²) in [5.74, 6) is -0.655. The predicted molar refractivity (Wildman–Crippen MR) is 172 cm³/mol. The molecule has 0 spiro atoms. The summed E-state index contributed by atoms with van der Waals surface area (Å²) in [6.07, 6.45) is -5.43. The number of nitrogens with two attached hydrogens (primary N) is 1. The number of benzene rings is 1. The lowest BCUT2D eigenvalue weighted by atomic mass is 9.39. The van der Waals surface area contributed by atoms with Crippen molar-refractivity contribution >= 4 is 44.2 Å². The second-order valence-corrected chi connectivity index (χ2v) is 15.1. The van der Waals surface area contributed by atoms with Crippen molar-refractivity contribution in [3.05, 3.63) is 52.3 Å². The third-order valence-electron chi connectivity index (χ3n) is 10.3. The molecule has 1 aromatic carbocycles. The third kappa shape index (κ3) is 6.43. The lowest BCUT2D eigenvalue weighted by molar-refractivity contribution is -0.185. The number of thiophene rings is 1. The largest absolute Gasteiger partial charge is 0.412 e. The van der Waals surface area contributed by atoms with Crippen molar-refractivity contribution in [1.82, 2.24) is 24.8 Å². The standard InChI is InChI=1S/C33H34F6N8OS/c1-18-19(12-46-6-4-20(5-7-46)44-27-24-9-22(10-32(34,35)36)49-29(24)43-17-42-27)2-3-25-23(18)8-21(11-40)47(25)16-30-13-31(14-30,15-30)45-28(48)26(41)33(37,38)39/h2-3,8-9,17,20,26H,4-7,10,12-16,41H2,1H3,(H,45,48)(H,42,43,44). The van der Waals surface area contributed by atoms with Crippen molar-refractivity contribution in [2.75, 3.05) is 18.4 Å². The molecule has 1 atom stereocenters. The molecule has 4 heterocycles. The summed E-state index contributed by atoms with van der Waals surface area (Å²) < 4.78 is 79.4. The van der Waals surface area contributed by atoms with Crippen LogP contribution in [0.2, 0.25) is 0 Å². The molecule has 4 fully saturated rings. The van der Waals surface area contributed by atoms with Gasteiger partial charge >= 0.3 is 12.4 Å². The fraction of sp³-hybridized carbons (Fsp3) is 0.515. The summed E-state index contributed by atoms with van der Waals surface area (Å²) in [5, 5.41) is 17.5. The van der Waals surface area contributed by atoms with E-state index in [1.54, 1.807) is 0 Å². The van der Waals surface area contributed by atoms with Gasteiger partial charge in [-0.05, 0) is 73.8 Å². The van der Waals surface area contributed by atoms with Gasteiger partial charge < -0.3 is 20.9 Å². The molecule has 9 nitrogen and oxygen atoms in total. The van der Waals surface area contributed by atoms with Crippen LogP contribution in [0.1, 0.15) is 53.8 Å². The van der Waals surface area contributed by atoms with Crippen LogP contribution in [0.15, 0.2) is 30.6 Å². The summed E-state index contributed by atoms with van der Waals surface area (Å²) in [7, 11) is 0. The normalized spacial score (nSPS) is 23.6. The first-order chi connectivity index (χ1) is 23.1. The molecule has 1 amide bonds. The van der Waals surface area contributed by atoms with Crippen LogP contribution in [0.4, 0.5) is 32.2 Å². The Bertz CT molecular complexity index is 1950. The molecule has 4 aromatic rings. The van der Waals surface area contributed by atoms with Crippen molar-refractivity contribution in [3.8, 4) is 6.07 Å². The second kappa shape index (κ2) is 11.8. The summed E-state index contributed by atoms with van der Waals surface area (Å²) in [5.41, 5.74) is 7.88. The molecule has 3 aromatic heterocycles. The number of anilines is 1. The number of likely N-dealkylation sites (tertiary alicyclic amines) is 1. The number of carbonyl (C=O) groups is 1. The summed E-state index contributed by atoms with van der Waals surface area (Å²) >= 11 is 1.03. The van der Waals surface area contributed by atoms with E-state index in [1.165, 1.54) is 12.4 Å². The number of hydrogen-bond acceptors (Lipinski definition) is 8. The maximum Gasteiger partial charge on any atom is 0.412 e. The Balaban J connectivity index is 0.971. The van der Waals surface area contributed by atoms with Crippen LogP contribution in [0.5, 0.6) is 0 Å². The highest BCUT2D eigenvalue weighted by atomic mass is 32.1. The molecular weight excluding hydrogens is 670 g/mol. The zero-order valence-corrected chi connectivity index (χ0v) is 27.3. The van der Waals surface area contributed by atoms with Gasteiger partial charge in [-0.2, -0.15) is 31.6 Å². The predicted octanol–water partition coefficient (Wildman–Crippen LogP) is 5.94. The molecule has 1 unspecified atom stereocenters. The SMILES string of the molecule is Cc1c(CN2CCC(Nc3ncnc4sc(CC(F)(F)F)cc34)CC2)ccc2c1cc(C#N)n2CC12CC(NC(=O)C(N)C(F)(F)F)(C1)C2. The minimum Gasteiger partial charge on any atom is -0.367 e. The first-order valence-electron chi connectivity index (χ1n) is 16.0. The lowest BCUT2D eigenvalue weighted by Crippen LogP contribution is -2.77. The number of piperidine rings is 1. The van der Waals surface area contributed by atoms with Gasteiger partial charge in [0.2, 0.25) is 5.91 Å². The van der Waals surface area contributed by atoms with Crippen molar-refractivity contribution in [1.29, 1.82) is 5.26 Å². The number of aryl methyl sites for hydroxylation is 1. The second-order valence-electron chi connectivity index (χ2n) is 14.0. The molecule has 2 bridgehead atoms. The quantitative estimate of drug-likeness (QED) is 0.185. The Labute approximate surface area is 281 Å². The number of fused-ring (bicyclic) bond motifs is 2. The summed E-state index contributed by atoms with van der Waals surface area (Å²) in [6.45, 7) is 4.92. The number of aromatic nitrogens is 3. The van der Waals surface area contributed by atoms with E-state index in [9.17, 15) is 36.4 Å². The van der Waals surface area contributed by atoms with Crippen LogP contribution in [0, 0.1) is 23.7 Å². The molecule has 260 valence electrons. The Morgan fingerprint density at radius 3 is 2.49 bits per heavy atom. The Morgan fingerprint density at radius 1 is 1.12 bits per heavy atom. The van der Waals surface area contributed by atoms with Gasteiger partial charge in [-0.25, -0.2) is 9.97 Å². The van der Waals surface area contributed by atoms with Crippen molar-refractivity contribution in [3.63, 3.8) is 0 Å². The molecule has 16 heteroatoms. The monoisotopic (exact) mass is 704 g/mol. The van der Waals surface area contributed by atoms with Crippen molar-refractivity contribution in [2.45, 2.75) is 88.5 Å². The molecule has 49 heavy (non-hydrogen) atoms. The van der Waals surface area contributed by atoms with Crippen molar-refractivity contribution < 1.29 is 31.1 Å². The molecule has 4 aliphatic rings. The number of nitriles is 1. The van der Waals surface area contributed by atoms with E-state index in [0.29, 0.717) is 47.5 Å². The fourth-order valence-electron chi connectivity index (χ4n) is 8.05. The van der Waals surface area contributed by atoms with Crippen LogP contribution in [-0.4, -0.2) is 68.4 Å². The molecule has 3 aliphatic carbocycles. The third-order valence-corrected chi connectivity index (χ3v) is 11.4. The zero-order valence-electron chi connectivity index (χ0n) is 26.5. The maximum absolute atomic E-state index is 12.9. The summed E-state index contributed by atoms with van der Waals surface area (Å²) in [6, 6.07) is 7.37. The number of alkyl halides is 6. The smallest absolute Gasteiger partial charge is 0.367 e. The zero-order chi connectivity index (χ0) is 34.9. The van der Waals surface area contributed by atoms with E-state index in [1.807, 2.05) is 23.6 Å². The number of hydrogen-bond donors (Lipinski definition) is 3. The van der Waals surface area contributed by atoms with E-state index >= 15 is 0 Å². The highest BCUT2D eigenvalue weighted by Crippen LogP contribution is 2.68. The molecule has 4 N–H and O–H groups in total. The minimum absolute atomic E-state index is 0.113. The van der Waals surface area contributed by atoms with E-state index in [0.717, 1.165) is 65.8 Å².